The fourth-order valence-electron chi connectivity index (χ4n) is 2.22. The molecule has 104 valence electrons. The Kier molecular flexibility index (Phi) is 8.40. The van der Waals surface area contributed by atoms with E-state index in [4.69, 9.17) is 5.11 Å². The van der Waals surface area contributed by atoms with Crippen LogP contribution in [0.4, 0.5) is 0 Å². The Hall–Kier alpha value is -0.960. The van der Waals surface area contributed by atoms with Crippen LogP contribution < -0.4 is 5.32 Å². The lowest BCUT2D eigenvalue weighted by atomic mass is 10.1. The van der Waals surface area contributed by atoms with Gasteiger partial charge in [-0.05, 0) is 32.1 Å². The molecule has 0 aromatic heterocycles. The molecule has 18 heavy (non-hydrogen) atoms. The molecular weight excluding hydrogens is 224 g/mol. The van der Waals surface area contributed by atoms with Gasteiger partial charge in [-0.1, -0.05) is 31.9 Å². The van der Waals surface area contributed by atoms with Gasteiger partial charge in [0, 0.05) is 18.9 Å². The van der Waals surface area contributed by atoms with E-state index in [-0.39, 0.29) is 6.61 Å². The van der Waals surface area contributed by atoms with Crippen LogP contribution in [0.15, 0.2) is 24.6 Å². The van der Waals surface area contributed by atoms with Crippen molar-refractivity contribution in [2.75, 3.05) is 13.2 Å². The normalized spacial score (nSPS) is 18.8. The van der Waals surface area contributed by atoms with E-state index >= 15 is 0 Å². The van der Waals surface area contributed by atoms with E-state index in [1.54, 1.807) is 0 Å². The van der Waals surface area contributed by atoms with E-state index in [0.29, 0.717) is 6.17 Å². The fraction of sp³-hybridized carbons (Fsp3) is 0.733. The summed E-state index contributed by atoms with van der Waals surface area (Å²) in [6.45, 7) is 3.17. The van der Waals surface area contributed by atoms with Crippen LogP contribution in [0.2, 0.25) is 0 Å². The monoisotopic (exact) mass is 252 g/mol. The Morgan fingerprint density at radius 1 is 1.22 bits per heavy atom. The molecule has 1 heterocycles. The standard InChI is InChI=1S/C15H28N2O/c1-2-3-4-5-6-7-8-9-10-15-16-11-12-17(15)13-14-18/h4-5,11-12,15-16,18H,2-3,6-10,13-14H2,1H3/b5-4+. The van der Waals surface area contributed by atoms with Crippen molar-refractivity contribution in [1.82, 2.24) is 10.2 Å². The van der Waals surface area contributed by atoms with Crippen molar-refractivity contribution >= 4 is 0 Å². The van der Waals surface area contributed by atoms with Gasteiger partial charge in [-0.3, -0.25) is 0 Å². The van der Waals surface area contributed by atoms with Crippen LogP contribution in [0.1, 0.15) is 51.9 Å². The van der Waals surface area contributed by atoms with Crippen molar-refractivity contribution in [3.05, 3.63) is 24.6 Å². The molecule has 0 aliphatic carbocycles. The molecule has 0 aromatic carbocycles. The van der Waals surface area contributed by atoms with Gasteiger partial charge in [-0.15, -0.1) is 0 Å². The highest BCUT2D eigenvalue weighted by Gasteiger charge is 2.16. The highest BCUT2D eigenvalue weighted by atomic mass is 16.3. The summed E-state index contributed by atoms with van der Waals surface area (Å²) in [4.78, 5) is 2.18. The molecule has 1 unspecified atom stereocenters. The number of aliphatic hydroxyl groups excluding tert-OH is 1. The van der Waals surface area contributed by atoms with Gasteiger partial charge in [-0.25, -0.2) is 0 Å². The Bertz CT molecular complexity index is 251. The van der Waals surface area contributed by atoms with Crippen molar-refractivity contribution in [2.24, 2.45) is 0 Å². The van der Waals surface area contributed by atoms with Crippen LogP contribution in [0.5, 0.6) is 0 Å². The van der Waals surface area contributed by atoms with Crippen LogP contribution in [-0.4, -0.2) is 29.3 Å². The van der Waals surface area contributed by atoms with Crippen molar-refractivity contribution in [3.63, 3.8) is 0 Å². The molecule has 3 heteroatoms. The first-order valence-electron chi connectivity index (χ1n) is 7.32. The average Bonchev–Trinajstić information content (AvgIpc) is 2.81. The summed E-state index contributed by atoms with van der Waals surface area (Å²) >= 11 is 0. The fourth-order valence-corrected chi connectivity index (χ4v) is 2.22. The van der Waals surface area contributed by atoms with Crippen molar-refractivity contribution in [3.8, 4) is 0 Å². The van der Waals surface area contributed by atoms with Gasteiger partial charge >= 0.3 is 0 Å². The summed E-state index contributed by atoms with van der Waals surface area (Å²) in [7, 11) is 0. The van der Waals surface area contributed by atoms with Crippen LogP contribution in [0.3, 0.4) is 0 Å². The van der Waals surface area contributed by atoms with E-state index in [2.05, 4.69) is 29.3 Å². The first kappa shape index (κ1) is 15.1. The third-order valence-electron chi connectivity index (χ3n) is 3.28. The quantitative estimate of drug-likeness (QED) is 0.463. The summed E-state index contributed by atoms with van der Waals surface area (Å²) in [5.74, 6) is 0. The molecule has 1 atom stereocenters. The average molecular weight is 252 g/mol. The van der Waals surface area contributed by atoms with Gasteiger partial charge in [0.1, 0.15) is 0 Å². The molecular formula is C15H28N2O. The van der Waals surface area contributed by atoms with E-state index in [1.165, 1.54) is 38.5 Å². The third-order valence-corrected chi connectivity index (χ3v) is 3.28. The minimum Gasteiger partial charge on any atom is -0.395 e. The topological polar surface area (TPSA) is 35.5 Å². The second kappa shape index (κ2) is 10.0. The van der Waals surface area contributed by atoms with Gasteiger partial charge in [-0.2, -0.15) is 0 Å². The Balaban J connectivity index is 1.97. The number of nitrogens with zero attached hydrogens (tertiary/aromatic N) is 1. The number of hydrogen-bond acceptors (Lipinski definition) is 3. The van der Waals surface area contributed by atoms with Crippen molar-refractivity contribution < 1.29 is 5.11 Å². The highest BCUT2D eigenvalue weighted by molar-refractivity contribution is 4.93. The Labute approximate surface area is 112 Å². The minimum atomic E-state index is 0.227. The first-order valence-corrected chi connectivity index (χ1v) is 7.32. The minimum absolute atomic E-state index is 0.227. The zero-order valence-corrected chi connectivity index (χ0v) is 11.6. The second-order valence-electron chi connectivity index (χ2n) is 4.86. The molecule has 2 N–H and O–H groups in total. The lowest BCUT2D eigenvalue weighted by molar-refractivity contribution is 0.194. The van der Waals surface area contributed by atoms with Crippen LogP contribution >= 0.6 is 0 Å². The molecule has 0 saturated carbocycles. The van der Waals surface area contributed by atoms with E-state index in [9.17, 15) is 0 Å². The highest BCUT2D eigenvalue weighted by Crippen LogP contribution is 2.13. The van der Waals surface area contributed by atoms with Gasteiger partial charge in [0.15, 0.2) is 0 Å². The Morgan fingerprint density at radius 2 is 2.06 bits per heavy atom. The molecule has 0 spiro atoms. The Morgan fingerprint density at radius 3 is 2.83 bits per heavy atom. The number of rotatable bonds is 10. The molecule has 0 amide bonds. The van der Waals surface area contributed by atoms with Crippen molar-refractivity contribution in [2.45, 2.75) is 58.0 Å². The summed E-state index contributed by atoms with van der Waals surface area (Å²) in [5.41, 5.74) is 0. The van der Waals surface area contributed by atoms with Gasteiger partial charge in [0.25, 0.3) is 0 Å². The number of aliphatic hydroxyl groups is 1. The van der Waals surface area contributed by atoms with Gasteiger partial charge in [0.2, 0.25) is 0 Å². The number of allylic oxidation sites excluding steroid dienone is 2. The van der Waals surface area contributed by atoms with E-state index in [0.717, 1.165) is 13.0 Å². The number of β-amino-alcohol motifs (C(OH)–C–C–N with tert-alkyl or cyclic N) is 1. The maximum Gasteiger partial charge on any atom is 0.0982 e. The van der Waals surface area contributed by atoms with Crippen LogP contribution in [-0.2, 0) is 0 Å². The van der Waals surface area contributed by atoms with Crippen LogP contribution in [0, 0.1) is 0 Å². The smallest absolute Gasteiger partial charge is 0.0982 e. The molecule has 1 rings (SSSR count). The van der Waals surface area contributed by atoms with Gasteiger partial charge in [0.05, 0.1) is 12.8 Å². The molecule has 1 aliphatic rings. The number of hydrogen-bond donors (Lipinski definition) is 2. The largest absolute Gasteiger partial charge is 0.395 e. The molecule has 0 aromatic rings. The molecule has 1 aliphatic heterocycles. The third kappa shape index (κ3) is 6.10. The predicted molar refractivity (Wildman–Crippen MR) is 77.0 cm³/mol. The summed E-state index contributed by atoms with van der Waals surface area (Å²) in [5, 5.41) is 12.3. The summed E-state index contributed by atoms with van der Waals surface area (Å²) in [6, 6.07) is 0. The second-order valence-corrected chi connectivity index (χ2v) is 4.86. The molecule has 0 fully saturated rings. The lowest BCUT2D eigenvalue weighted by Crippen LogP contribution is -2.36. The predicted octanol–water partition coefficient (Wildman–Crippen LogP) is 2.99. The summed E-state index contributed by atoms with van der Waals surface area (Å²) < 4.78 is 0. The SMILES string of the molecule is CCC/C=C/CCCCCC1NC=CN1CCO. The van der Waals surface area contributed by atoms with Crippen molar-refractivity contribution in [1.29, 1.82) is 0 Å². The maximum absolute atomic E-state index is 8.95. The molecule has 0 saturated heterocycles. The molecule has 0 bridgehead atoms. The lowest BCUT2D eigenvalue weighted by Gasteiger charge is -2.24. The van der Waals surface area contributed by atoms with E-state index < -0.39 is 0 Å². The number of nitrogens with one attached hydrogen (secondary N) is 1. The van der Waals surface area contributed by atoms with E-state index in [1.807, 2.05) is 12.4 Å². The maximum atomic E-state index is 8.95. The molecule has 3 nitrogen and oxygen atoms in total. The zero-order chi connectivity index (χ0) is 13.1. The van der Waals surface area contributed by atoms with Gasteiger partial charge < -0.3 is 15.3 Å². The first-order chi connectivity index (χ1) is 8.88. The molecule has 0 radical (unpaired) electrons. The van der Waals surface area contributed by atoms with Crippen LogP contribution in [0.25, 0.3) is 0 Å². The zero-order valence-electron chi connectivity index (χ0n) is 11.6. The summed E-state index contributed by atoms with van der Waals surface area (Å²) in [6.07, 6.45) is 17.7. The number of unbranched alkanes of at least 4 members (excludes halogenated alkanes) is 4.